The number of hydrogen-bond donors (Lipinski definition) is 1. The van der Waals surface area contributed by atoms with E-state index in [0.29, 0.717) is 0 Å². The number of pyridine rings is 2. The Labute approximate surface area is 205 Å². The molecule has 1 aliphatic carbocycles. The molecular formula is C26H33N5O2S. The number of rotatable bonds is 6. The molecule has 180 valence electrons. The number of amides is 1. The Morgan fingerprint density at radius 2 is 1.79 bits per heavy atom. The molecule has 1 N–H and O–H groups in total. The molecule has 2 aliphatic rings. The summed E-state index contributed by atoms with van der Waals surface area (Å²) in [6.07, 6.45) is 11.7. The highest BCUT2D eigenvalue weighted by molar-refractivity contribution is 7.21. The first-order valence-corrected chi connectivity index (χ1v) is 13.0. The van der Waals surface area contributed by atoms with E-state index in [-0.39, 0.29) is 5.91 Å². The van der Waals surface area contributed by atoms with Crippen LogP contribution in [0.25, 0.3) is 10.1 Å². The number of fused-ring (bicyclic) bond motifs is 1. The van der Waals surface area contributed by atoms with Crippen LogP contribution in [0.15, 0.2) is 30.6 Å². The van der Waals surface area contributed by atoms with Gasteiger partial charge in [0.25, 0.3) is 5.91 Å². The van der Waals surface area contributed by atoms with Crippen molar-refractivity contribution in [1.29, 1.82) is 0 Å². The molecule has 5 rings (SSSR count). The van der Waals surface area contributed by atoms with Gasteiger partial charge in [0.15, 0.2) is 0 Å². The molecule has 0 unspecified atom stereocenters. The van der Waals surface area contributed by atoms with Crippen molar-refractivity contribution in [2.24, 2.45) is 0 Å². The van der Waals surface area contributed by atoms with Crippen molar-refractivity contribution in [1.82, 2.24) is 14.9 Å². The summed E-state index contributed by atoms with van der Waals surface area (Å²) in [5.41, 5.74) is 1.76. The first-order chi connectivity index (χ1) is 16.5. The first-order valence-electron chi connectivity index (χ1n) is 12.2. The standard InChI is InChI=1S/C26H33N5O2S/c1-30(2)25(32)24-23(26(33-3)11-5-6-12-26)19-15-22(28-17-20(19)34-24)29-21-10-9-18(16-27-21)31-13-7-4-8-14-31/h9-10,15-17H,4-8,11-14H2,1-3H3,(H,27,28,29). The second-order valence-electron chi connectivity index (χ2n) is 9.55. The molecule has 1 amide bonds. The third kappa shape index (κ3) is 4.25. The minimum atomic E-state index is -0.424. The number of aromatic nitrogens is 2. The van der Waals surface area contributed by atoms with Crippen LogP contribution in [-0.4, -0.2) is 55.1 Å². The summed E-state index contributed by atoms with van der Waals surface area (Å²) in [5.74, 6) is 1.50. The molecule has 3 aromatic heterocycles. The summed E-state index contributed by atoms with van der Waals surface area (Å²) in [4.78, 5) is 27.2. The molecule has 2 fully saturated rings. The van der Waals surface area contributed by atoms with Crippen LogP contribution in [0.4, 0.5) is 17.3 Å². The van der Waals surface area contributed by atoms with Crippen LogP contribution in [0.1, 0.15) is 60.2 Å². The zero-order valence-electron chi connectivity index (χ0n) is 20.3. The summed E-state index contributed by atoms with van der Waals surface area (Å²) in [5, 5.41) is 4.41. The smallest absolute Gasteiger partial charge is 0.263 e. The highest BCUT2D eigenvalue weighted by Crippen LogP contribution is 2.49. The predicted octanol–water partition coefficient (Wildman–Crippen LogP) is 5.54. The van der Waals surface area contributed by atoms with Crippen LogP contribution >= 0.6 is 11.3 Å². The molecule has 1 saturated heterocycles. The average molecular weight is 480 g/mol. The lowest BCUT2D eigenvalue weighted by molar-refractivity contribution is -0.00787. The Bertz CT molecular complexity index is 1160. The van der Waals surface area contributed by atoms with Crippen molar-refractivity contribution in [3.63, 3.8) is 0 Å². The molecule has 1 saturated carbocycles. The normalized spacial score (nSPS) is 17.8. The first kappa shape index (κ1) is 23.1. The Morgan fingerprint density at radius 1 is 1.06 bits per heavy atom. The van der Waals surface area contributed by atoms with Gasteiger partial charge in [-0.15, -0.1) is 11.3 Å². The number of hydrogen-bond acceptors (Lipinski definition) is 7. The molecule has 0 radical (unpaired) electrons. The molecule has 0 aromatic carbocycles. The molecule has 8 heteroatoms. The van der Waals surface area contributed by atoms with Crippen LogP contribution in [0.2, 0.25) is 0 Å². The van der Waals surface area contributed by atoms with E-state index in [0.717, 1.165) is 70.9 Å². The number of thiophene rings is 1. The number of carbonyl (C=O) groups excluding carboxylic acids is 1. The number of anilines is 3. The van der Waals surface area contributed by atoms with Crippen molar-refractivity contribution in [3.8, 4) is 0 Å². The third-order valence-corrected chi connectivity index (χ3v) is 8.29. The fraction of sp³-hybridized carbons (Fsp3) is 0.500. The molecule has 0 spiro atoms. The van der Waals surface area contributed by atoms with E-state index in [1.165, 1.54) is 36.3 Å². The largest absolute Gasteiger partial charge is 0.373 e. The van der Waals surface area contributed by atoms with Crippen LogP contribution in [0, 0.1) is 0 Å². The second-order valence-corrected chi connectivity index (χ2v) is 10.6. The van der Waals surface area contributed by atoms with Crippen LogP contribution in [-0.2, 0) is 10.3 Å². The van der Waals surface area contributed by atoms with Gasteiger partial charge in [0.2, 0.25) is 0 Å². The molecule has 0 atom stereocenters. The van der Waals surface area contributed by atoms with Gasteiger partial charge in [-0.3, -0.25) is 4.79 Å². The summed E-state index contributed by atoms with van der Waals surface area (Å²) >= 11 is 1.51. The van der Waals surface area contributed by atoms with E-state index < -0.39 is 5.60 Å². The van der Waals surface area contributed by atoms with Gasteiger partial charge in [-0.1, -0.05) is 12.8 Å². The Balaban J connectivity index is 1.49. The molecule has 34 heavy (non-hydrogen) atoms. The third-order valence-electron chi connectivity index (χ3n) is 7.16. The molecule has 1 aliphatic heterocycles. The van der Waals surface area contributed by atoms with Crippen LogP contribution < -0.4 is 10.2 Å². The minimum Gasteiger partial charge on any atom is -0.373 e. The fourth-order valence-electron chi connectivity index (χ4n) is 5.31. The van der Waals surface area contributed by atoms with Gasteiger partial charge in [-0.2, -0.15) is 0 Å². The van der Waals surface area contributed by atoms with E-state index in [1.54, 1.807) is 26.1 Å². The minimum absolute atomic E-state index is 0.0176. The zero-order valence-corrected chi connectivity index (χ0v) is 21.1. The van der Waals surface area contributed by atoms with Crippen molar-refractivity contribution in [2.75, 3.05) is 44.5 Å². The van der Waals surface area contributed by atoms with E-state index in [2.05, 4.69) is 26.3 Å². The van der Waals surface area contributed by atoms with Gasteiger partial charge in [-0.05, 0) is 50.3 Å². The van der Waals surface area contributed by atoms with Gasteiger partial charge < -0.3 is 19.9 Å². The number of methoxy groups -OCH3 is 1. The highest BCUT2D eigenvalue weighted by atomic mass is 32.1. The fourth-order valence-corrected chi connectivity index (χ4v) is 6.57. The molecule has 7 nitrogen and oxygen atoms in total. The Kier molecular flexibility index (Phi) is 6.44. The summed E-state index contributed by atoms with van der Waals surface area (Å²) in [6.45, 7) is 2.20. The van der Waals surface area contributed by atoms with Gasteiger partial charge >= 0.3 is 0 Å². The van der Waals surface area contributed by atoms with E-state index in [1.807, 2.05) is 24.5 Å². The maximum Gasteiger partial charge on any atom is 0.263 e. The lowest BCUT2D eigenvalue weighted by atomic mass is 9.89. The van der Waals surface area contributed by atoms with Crippen molar-refractivity contribution in [3.05, 3.63) is 41.0 Å². The number of nitrogens with one attached hydrogen (secondary N) is 1. The summed E-state index contributed by atoms with van der Waals surface area (Å²) in [7, 11) is 5.37. The van der Waals surface area contributed by atoms with E-state index >= 15 is 0 Å². The van der Waals surface area contributed by atoms with Gasteiger partial charge in [0, 0.05) is 51.4 Å². The lowest BCUT2D eigenvalue weighted by Crippen LogP contribution is -2.29. The summed E-state index contributed by atoms with van der Waals surface area (Å²) in [6, 6.07) is 6.19. The lowest BCUT2D eigenvalue weighted by Gasteiger charge is -2.29. The molecule has 4 heterocycles. The number of nitrogens with zero attached hydrogens (tertiary/aromatic N) is 4. The van der Waals surface area contributed by atoms with Crippen LogP contribution in [0.5, 0.6) is 0 Å². The number of carbonyl (C=O) groups is 1. The Morgan fingerprint density at radius 3 is 2.44 bits per heavy atom. The average Bonchev–Trinajstić information content (AvgIpc) is 3.50. The Hall–Kier alpha value is -2.71. The molecule has 3 aromatic rings. The maximum atomic E-state index is 13.1. The zero-order chi connectivity index (χ0) is 23.7. The monoisotopic (exact) mass is 479 g/mol. The number of ether oxygens (including phenoxy) is 1. The van der Waals surface area contributed by atoms with Crippen molar-refractivity contribution >= 4 is 44.7 Å². The number of piperidine rings is 1. The maximum absolute atomic E-state index is 13.1. The van der Waals surface area contributed by atoms with Gasteiger partial charge in [0.05, 0.1) is 27.1 Å². The van der Waals surface area contributed by atoms with Crippen molar-refractivity contribution in [2.45, 2.75) is 50.5 Å². The van der Waals surface area contributed by atoms with Crippen LogP contribution in [0.3, 0.4) is 0 Å². The summed E-state index contributed by atoms with van der Waals surface area (Å²) < 4.78 is 7.13. The topological polar surface area (TPSA) is 70.6 Å². The molecular weight excluding hydrogens is 446 g/mol. The molecule has 0 bridgehead atoms. The second kappa shape index (κ2) is 9.50. The van der Waals surface area contributed by atoms with Gasteiger partial charge in [0.1, 0.15) is 11.6 Å². The predicted molar refractivity (Wildman–Crippen MR) is 138 cm³/mol. The highest BCUT2D eigenvalue weighted by Gasteiger charge is 2.41. The van der Waals surface area contributed by atoms with E-state index in [9.17, 15) is 4.79 Å². The van der Waals surface area contributed by atoms with E-state index in [4.69, 9.17) is 4.74 Å². The quantitative estimate of drug-likeness (QED) is 0.500. The SMILES string of the molecule is COC1(c2c(C(=O)N(C)C)sc3cnc(Nc4ccc(N5CCCCC5)cn4)cc23)CCCC1. The van der Waals surface area contributed by atoms with Gasteiger partial charge in [-0.25, -0.2) is 9.97 Å². The van der Waals surface area contributed by atoms with Crippen molar-refractivity contribution < 1.29 is 9.53 Å².